The Labute approximate surface area is 128 Å². The Bertz CT molecular complexity index is 610. The van der Waals surface area contributed by atoms with Crippen LogP contribution in [0.25, 0.3) is 10.7 Å². The van der Waals surface area contributed by atoms with E-state index < -0.39 is 11.5 Å². The summed E-state index contributed by atoms with van der Waals surface area (Å²) in [6.45, 7) is 6.54. The quantitative estimate of drug-likeness (QED) is 0.889. The summed E-state index contributed by atoms with van der Waals surface area (Å²) in [6.07, 6.45) is 1.74. The highest BCUT2D eigenvalue weighted by molar-refractivity contribution is 7.13. The maximum atomic E-state index is 11.4. The number of aliphatic carboxylic acids is 1. The Balaban J connectivity index is 2.17. The molecule has 0 aliphatic carbocycles. The first-order valence-electron chi connectivity index (χ1n) is 6.79. The monoisotopic (exact) mass is 305 g/mol. The van der Waals surface area contributed by atoms with Crippen molar-refractivity contribution in [2.24, 2.45) is 0 Å². The van der Waals surface area contributed by atoms with Crippen molar-refractivity contribution < 1.29 is 9.90 Å². The van der Waals surface area contributed by atoms with Crippen LogP contribution in [0.15, 0.2) is 29.8 Å². The van der Waals surface area contributed by atoms with Crippen molar-refractivity contribution in [3.8, 4) is 10.7 Å². The number of nitrogens with zero attached hydrogens (tertiary/aromatic N) is 3. The second-order valence-corrected chi connectivity index (χ2v) is 6.10. The molecule has 0 saturated carbocycles. The molecule has 2 heterocycles. The Kier molecular flexibility index (Phi) is 4.69. The predicted molar refractivity (Wildman–Crippen MR) is 83.1 cm³/mol. The zero-order chi connectivity index (χ0) is 15.5. The molecular weight excluding hydrogens is 286 g/mol. The number of carboxylic acids is 1. The van der Waals surface area contributed by atoms with Crippen molar-refractivity contribution >= 4 is 17.3 Å². The van der Waals surface area contributed by atoms with E-state index in [4.69, 9.17) is 0 Å². The number of pyridine rings is 1. The van der Waals surface area contributed by atoms with Gasteiger partial charge in [-0.1, -0.05) is 13.0 Å². The van der Waals surface area contributed by atoms with Gasteiger partial charge in [-0.3, -0.25) is 14.7 Å². The van der Waals surface area contributed by atoms with Crippen molar-refractivity contribution in [1.82, 2.24) is 14.9 Å². The van der Waals surface area contributed by atoms with Gasteiger partial charge in [-0.25, -0.2) is 4.98 Å². The fourth-order valence-corrected chi connectivity index (χ4v) is 2.81. The fourth-order valence-electron chi connectivity index (χ4n) is 2.02. The van der Waals surface area contributed by atoms with E-state index in [2.05, 4.69) is 9.97 Å². The van der Waals surface area contributed by atoms with Crippen molar-refractivity contribution in [3.63, 3.8) is 0 Å². The largest absolute Gasteiger partial charge is 0.480 e. The SMILES string of the molecule is CCN(Cc1csc(-c2ccccn2)n1)C(C)(C)C(=O)O. The second-order valence-electron chi connectivity index (χ2n) is 5.24. The summed E-state index contributed by atoms with van der Waals surface area (Å²) in [5.41, 5.74) is 0.801. The van der Waals surface area contributed by atoms with Gasteiger partial charge in [-0.2, -0.15) is 0 Å². The van der Waals surface area contributed by atoms with Crippen molar-refractivity contribution in [2.75, 3.05) is 6.54 Å². The highest BCUT2D eigenvalue weighted by Crippen LogP contribution is 2.24. The van der Waals surface area contributed by atoms with E-state index in [9.17, 15) is 9.90 Å². The van der Waals surface area contributed by atoms with Crippen LogP contribution in [-0.2, 0) is 11.3 Å². The van der Waals surface area contributed by atoms with E-state index in [0.29, 0.717) is 13.1 Å². The van der Waals surface area contributed by atoms with Gasteiger partial charge in [0.2, 0.25) is 0 Å². The summed E-state index contributed by atoms with van der Waals surface area (Å²) in [6, 6.07) is 5.71. The first-order chi connectivity index (χ1) is 9.95. The zero-order valence-corrected chi connectivity index (χ0v) is 13.2. The lowest BCUT2D eigenvalue weighted by atomic mass is 10.0. The Morgan fingerprint density at radius 2 is 2.19 bits per heavy atom. The summed E-state index contributed by atoms with van der Waals surface area (Å²) in [4.78, 5) is 22.1. The van der Waals surface area contributed by atoms with Crippen LogP contribution >= 0.6 is 11.3 Å². The fraction of sp³-hybridized carbons (Fsp3) is 0.400. The minimum Gasteiger partial charge on any atom is -0.480 e. The molecule has 0 unspecified atom stereocenters. The van der Waals surface area contributed by atoms with Crippen molar-refractivity contribution in [2.45, 2.75) is 32.9 Å². The van der Waals surface area contributed by atoms with Gasteiger partial charge in [0.1, 0.15) is 10.5 Å². The van der Waals surface area contributed by atoms with Crippen molar-refractivity contribution in [3.05, 3.63) is 35.5 Å². The molecule has 21 heavy (non-hydrogen) atoms. The van der Waals surface area contributed by atoms with Gasteiger partial charge in [0.05, 0.1) is 11.4 Å². The standard InChI is InChI=1S/C15H19N3O2S/c1-4-18(15(2,3)14(19)20)9-11-10-21-13(17-11)12-7-5-6-8-16-12/h5-8,10H,4,9H2,1-3H3,(H,19,20). The summed E-state index contributed by atoms with van der Waals surface area (Å²) < 4.78 is 0. The molecule has 6 heteroatoms. The van der Waals surface area contributed by atoms with Crippen LogP contribution in [0.3, 0.4) is 0 Å². The second kappa shape index (κ2) is 6.32. The van der Waals surface area contributed by atoms with E-state index in [1.54, 1.807) is 20.0 Å². The van der Waals surface area contributed by atoms with Gasteiger partial charge in [-0.05, 0) is 32.5 Å². The highest BCUT2D eigenvalue weighted by Gasteiger charge is 2.33. The normalized spacial score (nSPS) is 11.8. The van der Waals surface area contributed by atoms with Gasteiger partial charge in [0, 0.05) is 18.1 Å². The summed E-state index contributed by atoms with van der Waals surface area (Å²) in [5, 5.41) is 12.2. The number of carboxylic acid groups (broad SMARTS) is 1. The Morgan fingerprint density at radius 1 is 1.43 bits per heavy atom. The average molecular weight is 305 g/mol. The predicted octanol–water partition coefficient (Wildman–Crippen LogP) is 2.89. The first kappa shape index (κ1) is 15.6. The maximum absolute atomic E-state index is 11.4. The van der Waals surface area contributed by atoms with Crippen molar-refractivity contribution in [1.29, 1.82) is 0 Å². The molecule has 0 atom stereocenters. The van der Waals surface area contributed by atoms with Crippen LogP contribution in [0, 0.1) is 0 Å². The Morgan fingerprint density at radius 3 is 2.76 bits per heavy atom. The number of likely N-dealkylation sites (N-methyl/N-ethyl adjacent to an activating group) is 1. The molecule has 112 valence electrons. The van der Waals surface area contributed by atoms with E-state index in [-0.39, 0.29) is 0 Å². The minimum absolute atomic E-state index is 0.513. The molecule has 0 bridgehead atoms. The van der Waals surface area contributed by atoms with Crippen LogP contribution in [0.2, 0.25) is 0 Å². The molecule has 1 N–H and O–H groups in total. The van der Waals surface area contributed by atoms with Gasteiger partial charge < -0.3 is 5.11 Å². The number of hydrogen-bond donors (Lipinski definition) is 1. The lowest BCUT2D eigenvalue weighted by Crippen LogP contribution is -2.49. The van der Waals surface area contributed by atoms with Gasteiger partial charge in [0.15, 0.2) is 0 Å². The molecule has 5 nitrogen and oxygen atoms in total. The lowest BCUT2D eigenvalue weighted by molar-refractivity contribution is -0.149. The smallest absolute Gasteiger partial charge is 0.323 e. The molecule has 0 saturated heterocycles. The number of aromatic nitrogens is 2. The third kappa shape index (κ3) is 3.46. The number of hydrogen-bond acceptors (Lipinski definition) is 5. The topological polar surface area (TPSA) is 66.3 Å². The summed E-state index contributed by atoms with van der Waals surface area (Å²) in [7, 11) is 0. The molecule has 0 aliphatic heterocycles. The third-order valence-corrected chi connectivity index (χ3v) is 4.40. The van der Waals surface area contributed by atoms with Crippen LogP contribution in [0.5, 0.6) is 0 Å². The van der Waals surface area contributed by atoms with E-state index in [1.165, 1.54) is 11.3 Å². The van der Waals surface area contributed by atoms with E-state index in [1.807, 2.05) is 35.4 Å². The molecule has 0 aliphatic rings. The lowest BCUT2D eigenvalue weighted by Gasteiger charge is -2.33. The van der Waals surface area contributed by atoms with Gasteiger partial charge in [-0.15, -0.1) is 11.3 Å². The molecule has 0 fully saturated rings. The Hall–Kier alpha value is -1.79. The van der Waals surface area contributed by atoms with E-state index >= 15 is 0 Å². The van der Waals surface area contributed by atoms with Crippen LogP contribution in [-0.4, -0.2) is 38.0 Å². The zero-order valence-electron chi connectivity index (χ0n) is 12.4. The molecule has 2 aromatic heterocycles. The van der Waals surface area contributed by atoms with Gasteiger partial charge in [0.25, 0.3) is 0 Å². The van der Waals surface area contributed by atoms with Crippen LogP contribution < -0.4 is 0 Å². The molecule has 0 amide bonds. The molecular formula is C15H19N3O2S. The summed E-state index contributed by atoms with van der Waals surface area (Å²) in [5.74, 6) is -0.829. The molecule has 0 radical (unpaired) electrons. The highest BCUT2D eigenvalue weighted by atomic mass is 32.1. The van der Waals surface area contributed by atoms with Crippen LogP contribution in [0.4, 0.5) is 0 Å². The molecule has 0 spiro atoms. The maximum Gasteiger partial charge on any atom is 0.323 e. The molecule has 0 aromatic carbocycles. The molecule has 2 aromatic rings. The van der Waals surface area contributed by atoms with Gasteiger partial charge >= 0.3 is 5.97 Å². The summed E-state index contributed by atoms with van der Waals surface area (Å²) >= 11 is 1.53. The third-order valence-electron chi connectivity index (χ3n) is 3.48. The minimum atomic E-state index is -0.913. The average Bonchev–Trinajstić information content (AvgIpc) is 2.94. The molecule has 2 rings (SSSR count). The van der Waals surface area contributed by atoms with Crippen LogP contribution in [0.1, 0.15) is 26.5 Å². The first-order valence-corrected chi connectivity index (χ1v) is 7.67. The number of rotatable bonds is 6. The van der Waals surface area contributed by atoms with E-state index in [0.717, 1.165) is 16.4 Å². The number of thiazole rings is 1. The number of carbonyl (C=O) groups is 1.